The van der Waals surface area contributed by atoms with E-state index in [-0.39, 0.29) is 0 Å². The number of carbonyl (C=O) groups is 1. The van der Waals surface area contributed by atoms with Gasteiger partial charge in [0.2, 0.25) is 0 Å². The molecule has 0 amide bonds. The predicted molar refractivity (Wildman–Crippen MR) is 58.9 cm³/mol. The van der Waals surface area contributed by atoms with Crippen LogP contribution in [0.4, 0.5) is 0 Å². The zero-order valence-corrected chi connectivity index (χ0v) is 9.39. The summed E-state index contributed by atoms with van der Waals surface area (Å²) in [7, 11) is 0. The number of nitrogens with one attached hydrogen (secondary N) is 1. The monoisotopic (exact) mass is 223 g/mol. The van der Waals surface area contributed by atoms with Gasteiger partial charge in [-0.3, -0.25) is 14.8 Å². The highest BCUT2D eigenvalue weighted by molar-refractivity contribution is 5.74. The fraction of sp³-hybridized carbons (Fsp3) is 0.636. The molecular weight excluding hydrogens is 206 g/mol. The van der Waals surface area contributed by atoms with Gasteiger partial charge in [-0.2, -0.15) is 5.10 Å². The second-order valence-corrected chi connectivity index (χ2v) is 4.24. The summed E-state index contributed by atoms with van der Waals surface area (Å²) < 4.78 is 1.84. The summed E-state index contributed by atoms with van der Waals surface area (Å²) in [6.45, 7) is 3.44. The lowest BCUT2D eigenvalue weighted by molar-refractivity contribution is -0.140. The van der Waals surface area contributed by atoms with Gasteiger partial charge in [0.1, 0.15) is 6.04 Å². The van der Waals surface area contributed by atoms with Crippen LogP contribution in [0, 0.1) is 5.92 Å². The summed E-state index contributed by atoms with van der Waals surface area (Å²) in [5.41, 5.74) is 1.04. The van der Waals surface area contributed by atoms with Gasteiger partial charge in [0.15, 0.2) is 0 Å². The Hall–Kier alpha value is -1.36. The molecule has 0 aliphatic heterocycles. The molecule has 0 radical (unpaired) electrons. The van der Waals surface area contributed by atoms with Gasteiger partial charge in [-0.15, -0.1) is 0 Å². The Kier molecular flexibility index (Phi) is 3.24. The van der Waals surface area contributed by atoms with Crippen molar-refractivity contribution in [2.75, 3.05) is 0 Å². The van der Waals surface area contributed by atoms with Crippen molar-refractivity contribution in [1.82, 2.24) is 15.1 Å². The van der Waals surface area contributed by atoms with Crippen LogP contribution in [0.25, 0.3) is 0 Å². The normalized spacial score (nSPS) is 17.3. The van der Waals surface area contributed by atoms with Crippen LogP contribution in [-0.2, 0) is 17.9 Å². The summed E-state index contributed by atoms with van der Waals surface area (Å²) in [6, 6.07) is -0.398. The highest BCUT2D eigenvalue weighted by atomic mass is 16.4. The van der Waals surface area contributed by atoms with E-state index < -0.39 is 12.0 Å². The fourth-order valence-electron chi connectivity index (χ4n) is 1.78. The SMILES string of the molecule is CCn1cc(CNC(C(=O)O)C2CC2)cn1. The number of carboxylic acids is 1. The minimum absolute atomic E-state index is 0.318. The average Bonchev–Trinajstić information content (AvgIpc) is 2.97. The molecule has 0 saturated heterocycles. The molecule has 2 rings (SSSR count). The van der Waals surface area contributed by atoms with Crippen molar-refractivity contribution >= 4 is 5.97 Å². The molecule has 1 unspecified atom stereocenters. The molecule has 5 heteroatoms. The molecule has 1 atom stereocenters. The Morgan fingerprint density at radius 1 is 1.75 bits per heavy atom. The Labute approximate surface area is 94.5 Å². The highest BCUT2D eigenvalue weighted by Gasteiger charge is 2.35. The van der Waals surface area contributed by atoms with E-state index in [2.05, 4.69) is 10.4 Å². The third kappa shape index (κ3) is 2.61. The number of nitrogens with zero attached hydrogens (tertiary/aromatic N) is 2. The van der Waals surface area contributed by atoms with Crippen LogP contribution in [-0.4, -0.2) is 26.9 Å². The standard InChI is InChI=1S/C11H17N3O2/c1-2-14-7-8(6-13-14)5-12-10(11(15)16)9-3-4-9/h6-7,9-10,12H,2-5H2,1H3,(H,15,16). The summed E-state index contributed by atoms with van der Waals surface area (Å²) in [4.78, 5) is 11.0. The Bertz CT molecular complexity index is 371. The third-order valence-corrected chi connectivity index (χ3v) is 2.90. The van der Waals surface area contributed by atoms with Crippen LogP contribution in [0.1, 0.15) is 25.3 Å². The number of rotatable bonds is 6. The van der Waals surface area contributed by atoms with Gasteiger partial charge in [0.25, 0.3) is 0 Å². The Balaban J connectivity index is 1.87. The molecule has 0 spiro atoms. The summed E-state index contributed by atoms with van der Waals surface area (Å²) in [5, 5.41) is 16.3. The minimum Gasteiger partial charge on any atom is -0.480 e. The maximum absolute atomic E-state index is 11.0. The van der Waals surface area contributed by atoms with Crippen LogP contribution in [0.5, 0.6) is 0 Å². The van der Waals surface area contributed by atoms with E-state index in [4.69, 9.17) is 5.11 Å². The zero-order valence-electron chi connectivity index (χ0n) is 9.39. The van der Waals surface area contributed by atoms with Crippen molar-refractivity contribution in [2.24, 2.45) is 5.92 Å². The third-order valence-electron chi connectivity index (χ3n) is 2.90. The number of aryl methyl sites for hydroxylation is 1. The van der Waals surface area contributed by atoms with Crippen LogP contribution >= 0.6 is 0 Å². The first kappa shape index (κ1) is 11.1. The van der Waals surface area contributed by atoms with Crippen molar-refractivity contribution in [1.29, 1.82) is 0 Å². The smallest absolute Gasteiger partial charge is 0.320 e. The molecule has 2 N–H and O–H groups in total. The molecule has 1 aliphatic carbocycles. The van der Waals surface area contributed by atoms with Gasteiger partial charge in [0, 0.05) is 24.8 Å². The van der Waals surface area contributed by atoms with E-state index in [0.29, 0.717) is 12.5 Å². The number of aliphatic carboxylic acids is 1. The van der Waals surface area contributed by atoms with Gasteiger partial charge in [0.05, 0.1) is 6.20 Å². The van der Waals surface area contributed by atoms with E-state index in [1.54, 1.807) is 6.20 Å². The van der Waals surface area contributed by atoms with Crippen molar-refractivity contribution in [2.45, 2.75) is 38.9 Å². The van der Waals surface area contributed by atoms with Gasteiger partial charge >= 0.3 is 5.97 Å². The first-order valence-electron chi connectivity index (χ1n) is 5.68. The molecule has 1 aliphatic rings. The first-order valence-corrected chi connectivity index (χ1v) is 5.68. The quantitative estimate of drug-likeness (QED) is 0.750. The highest BCUT2D eigenvalue weighted by Crippen LogP contribution is 2.32. The van der Waals surface area contributed by atoms with E-state index in [1.165, 1.54) is 0 Å². The summed E-state index contributed by atoms with van der Waals surface area (Å²) in [5.74, 6) is -0.427. The lowest BCUT2D eigenvalue weighted by atomic mass is 10.2. The molecule has 0 bridgehead atoms. The van der Waals surface area contributed by atoms with Crippen LogP contribution in [0.2, 0.25) is 0 Å². The zero-order chi connectivity index (χ0) is 11.5. The summed E-state index contributed by atoms with van der Waals surface area (Å²) in [6.07, 6.45) is 5.78. The molecule has 0 aromatic carbocycles. The van der Waals surface area contributed by atoms with Crippen molar-refractivity contribution in [3.8, 4) is 0 Å². The van der Waals surface area contributed by atoms with Crippen LogP contribution in [0.15, 0.2) is 12.4 Å². The molecule has 5 nitrogen and oxygen atoms in total. The maximum Gasteiger partial charge on any atom is 0.320 e. The lowest BCUT2D eigenvalue weighted by Crippen LogP contribution is -2.37. The van der Waals surface area contributed by atoms with E-state index in [0.717, 1.165) is 24.9 Å². The second-order valence-electron chi connectivity index (χ2n) is 4.24. The molecule has 1 saturated carbocycles. The fourth-order valence-corrected chi connectivity index (χ4v) is 1.78. The van der Waals surface area contributed by atoms with Crippen LogP contribution < -0.4 is 5.32 Å². The molecule has 88 valence electrons. The summed E-state index contributed by atoms with van der Waals surface area (Å²) >= 11 is 0. The topological polar surface area (TPSA) is 67.2 Å². The number of aromatic nitrogens is 2. The van der Waals surface area contributed by atoms with Crippen molar-refractivity contribution in [3.05, 3.63) is 18.0 Å². The van der Waals surface area contributed by atoms with E-state index >= 15 is 0 Å². The molecule has 1 aromatic rings. The van der Waals surface area contributed by atoms with Gasteiger partial charge < -0.3 is 5.11 Å². The molecule has 1 heterocycles. The molecular formula is C11H17N3O2. The number of hydrogen-bond donors (Lipinski definition) is 2. The van der Waals surface area contributed by atoms with Gasteiger partial charge in [-0.1, -0.05) is 0 Å². The predicted octanol–water partition coefficient (Wildman–Crippen LogP) is 0.856. The molecule has 16 heavy (non-hydrogen) atoms. The van der Waals surface area contributed by atoms with E-state index in [1.807, 2.05) is 17.8 Å². The molecule has 1 aromatic heterocycles. The van der Waals surface area contributed by atoms with E-state index in [9.17, 15) is 4.79 Å². The lowest BCUT2D eigenvalue weighted by Gasteiger charge is -2.12. The average molecular weight is 223 g/mol. The number of hydrogen-bond acceptors (Lipinski definition) is 3. The Morgan fingerprint density at radius 3 is 3.00 bits per heavy atom. The van der Waals surface area contributed by atoms with Crippen molar-refractivity contribution in [3.63, 3.8) is 0 Å². The van der Waals surface area contributed by atoms with Gasteiger partial charge in [-0.25, -0.2) is 0 Å². The van der Waals surface area contributed by atoms with Crippen molar-refractivity contribution < 1.29 is 9.90 Å². The van der Waals surface area contributed by atoms with Crippen LogP contribution in [0.3, 0.4) is 0 Å². The largest absolute Gasteiger partial charge is 0.480 e. The molecule has 1 fully saturated rings. The first-order chi connectivity index (χ1) is 7.70. The maximum atomic E-state index is 11.0. The second kappa shape index (κ2) is 4.65. The Morgan fingerprint density at radius 2 is 2.50 bits per heavy atom. The number of carboxylic acid groups (broad SMARTS) is 1. The van der Waals surface area contributed by atoms with Gasteiger partial charge in [-0.05, 0) is 25.7 Å². The minimum atomic E-state index is -0.745.